The van der Waals surface area contributed by atoms with Crippen molar-refractivity contribution >= 4 is 0 Å². The predicted octanol–water partition coefficient (Wildman–Crippen LogP) is 2.36. The molecule has 0 amide bonds. The highest BCUT2D eigenvalue weighted by Crippen LogP contribution is 2.33. The summed E-state index contributed by atoms with van der Waals surface area (Å²) >= 11 is 0. The lowest BCUT2D eigenvalue weighted by Gasteiger charge is -2.40. The SMILES string of the molecule is N[C@@]1([C@@H](Oc2ccccc2F)c2ccc(F)cc2)CNCCO1. The Balaban J connectivity index is 1.96. The van der Waals surface area contributed by atoms with Crippen LogP contribution in [0.1, 0.15) is 11.7 Å². The van der Waals surface area contributed by atoms with E-state index < -0.39 is 17.6 Å². The fraction of sp³-hybridized carbons (Fsp3) is 0.294. The lowest BCUT2D eigenvalue weighted by Crippen LogP contribution is -2.61. The summed E-state index contributed by atoms with van der Waals surface area (Å²) in [5.41, 5.74) is 5.78. The summed E-state index contributed by atoms with van der Waals surface area (Å²) in [6.07, 6.45) is -0.784. The van der Waals surface area contributed by atoms with Crippen LogP contribution in [0.2, 0.25) is 0 Å². The van der Waals surface area contributed by atoms with E-state index >= 15 is 0 Å². The van der Waals surface area contributed by atoms with Crippen molar-refractivity contribution in [3.05, 3.63) is 65.7 Å². The van der Waals surface area contributed by atoms with Gasteiger partial charge in [0.1, 0.15) is 5.82 Å². The monoisotopic (exact) mass is 320 g/mol. The molecular weight excluding hydrogens is 302 g/mol. The van der Waals surface area contributed by atoms with Crippen molar-refractivity contribution in [3.8, 4) is 5.75 Å². The smallest absolute Gasteiger partial charge is 0.170 e. The van der Waals surface area contributed by atoms with Crippen LogP contribution in [-0.4, -0.2) is 25.4 Å². The van der Waals surface area contributed by atoms with E-state index in [0.717, 1.165) is 0 Å². The van der Waals surface area contributed by atoms with Crippen molar-refractivity contribution in [3.63, 3.8) is 0 Å². The quantitative estimate of drug-likeness (QED) is 0.908. The Morgan fingerprint density at radius 2 is 1.87 bits per heavy atom. The standard InChI is InChI=1S/C17H18F2N2O2/c18-13-7-5-12(6-8-13)16(17(20)11-21-9-10-22-17)23-15-4-2-1-3-14(15)19/h1-8,16,21H,9-11,20H2/t16-,17-/m0/s1. The van der Waals surface area contributed by atoms with Gasteiger partial charge in [-0.3, -0.25) is 5.73 Å². The molecule has 1 saturated heterocycles. The van der Waals surface area contributed by atoms with Crippen molar-refractivity contribution in [2.75, 3.05) is 19.7 Å². The van der Waals surface area contributed by atoms with Gasteiger partial charge in [0.15, 0.2) is 23.4 Å². The van der Waals surface area contributed by atoms with Crippen molar-refractivity contribution in [2.45, 2.75) is 11.8 Å². The number of hydrogen-bond donors (Lipinski definition) is 2. The van der Waals surface area contributed by atoms with E-state index in [4.69, 9.17) is 15.2 Å². The van der Waals surface area contributed by atoms with Crippen LogP contribution in [0.4, 0.5) is 8.78 Å². The topological polar surface area (TPSA) is 56.5 Å². The lowest BCUT2D eigenvalue weighted by molar-refractivity contribution is -0.128. The Bertz CT molecular complexity index is 658. The summed E-state index contributed by atoms with van der Waals surface area (Å²) in [4.78, 5) is 0. The molecule has 0 aromatic heterocycles. The molecule has 3 N–H and O–H groups in total. The highest BCUT2D eigenvalue weighted by Gasteiger charge is 2.41. The molecule has 4 nitrogen and oxygen atoms in total. The van der Waals surface area contributed by atoms with Gasteiger partial charge in [-0.1, -0.05) is 24.3 Å². The first-order valence-electron chi connectivity index (χ1n) is 7.39. The maximum Gasteiger partial charge on any atom is 0.170 e. The number of para-hydroxylation sites is 1. The third kappa shape index (κ3) is 3.50. The minimum absolute atomic E-state index is 0.0702. The molecule has 1 aliphatic rings. The number of ether oxygens (including phenoxy) is 2. The molecule has 122 valence electrons. The molecule has 0 spiro atoms. The van der Waals surface area contributed by atoms with Crippen LogP contribution in [0.5, 0.6) is 5.75 Å². The van der Waals surface area contributed by atoms with E-state index in [9.17, 15) is 8.78 Å². The molecule has 1 aliphatic heterocycles. The average Bonchev–Trinajstić information content (AvgIpc) is 2.56. The second-order valence-corrected chi connectivity index (χ2v) is 5.46. The Labute approximate surface area is 133 Å². The molecule has 23 heavy (non-hydrogen) atoms. The van der Waals surface area contributed by atoms with Gasteiger partial charge in [-0.05, 0) is 29.8 Å². The number of halogens is 2. The third-order valence-corrected chi connectivity index (χ3v) is 3.75. The zero-order valence-electron chi connectivity index (χ0n) is 12.5. The first-order valence-corrected chi connectivity index (χ1v) is 7.39. The first kappa shape index (κ1) is 15.9. The minimum Gasteiger partial charge on any atom is -0.478 e. The number of morpholine rings is 1. The van der Waals surface area contributed by atoms with Crippen molar-refractivity contribution < 1.29 is 18.3 Å². The maximum atomic E-state index is 13.9. The Morgan fingerprint density at radius 3 is 2.52 bits per heavy atom. The van der Waals surface area contributed by atoms with Crippen LogP contribution in [-0.2, 0) is 4.74 Å². The maximum absolute atomic E-state index is 13.9. The molecule has 2 aromatic rings. The molecule has 3 rings (SSSR count). The fourth-order valence-corrected chi connectivity index (χ4v) is 2.57. The molecular formula is C17H18F2N2O2. The molecule has 1 fully saturated rings. The zero-order valence-corrected chi connectivity index (χ0v) is 12.5. The Kier molecular flexibility index (Phi) is 4.56. The van der Waals surface area contributed by atoms with E-state index in [1.54, 1.807) is 24.3 Å². The second-order valence-electron chi connectivity index (χ2n) is 5.46. The number of nitrogens with one attached hydrogen (secondary N) is 1. The summed E-state index contributed by atoms with van der Waals surface area (Å²) in [6, 6.07) is 11.8. The third-order valence-electron chi connectivity index (χ3n) is 3.75. The number of benzene rings is 2. The number of rotatable bonds is 4. The van der Waals surface area contributed by atoms with Crippen LogP contribution < -0.4 is 15.8 Å². The van der Waals surface area contributed by atoms with Crippen LogP contribution >= 0.6 is 0 Å². The zero-order chi connectivity index (χ0) is 16.3. The normalized spacial score (nSPS) is 22.6. The molecule has 0 aliphatic carbocycles. The second kappa shape index (κ2) is 6.62. The Morgan fingerprint density at radius 1 is 1.13 bits per heavy atom. The van der Waals surface area contributed by atoms with E-state index in [-0.39, 0.29) is 11.6 Å². The molecule has 1 heterocycles. The molecule has 0 saturated carbocycles. The Hall–Kier alpha value is -2.02. The first-order chi connectivity index (χ1) is 11.1. The summed E-state index contributed by atoms with van der Waals surface area (Å²) in [6.45, 7) is 1.42. The van der Waals surface area contributed by atoms with Gasteiger partial charge in [0.2, 0.25) is 0 Å². The van der Waals surface area contributed by atoms with Crippen LogP contribution in [0.15, 0.2) is 48.5 Å². The summed E-state index contributed by atoms with van der Waals surface area (Å²) < 4.78 is 38.7. The average molecular weight is 320 g/mol. The van der Waals surface area contributed by atoms with E-state index in [2.05, 4.69) is 5.32 Å². The van der Waals surface area contributed by atoms with E-state index in [1.807, 2.05) is 0 Å². The number of nitrogens with two attached hydrogens (primary N) is 1. The largest absolute Gasteiger partial charge is 0.478 e. The summed E-state index contributed by atoms with van der Waals surface area (Å²) in [5, 5.41) is 3.14. The highest BCUT2D eigenvalue weighted by molar-refractivity contribution is 5.28. The molecule has 0 unspecified atom stereocenters. The molecule has 2 atom stereocenters. The van der Waals surface area contributed by atoms with E-state index in [1.165, 1.54) is 24.3 Å². The van der Waals surface area contributed by atoms with Gasteiger partial charge < -0.3 is 14.8 Å². The van der Waals surface area contributed by atoms with Gasteiger partial charge >= 0.3 is 0 Å². The minimum atomic E-state index is -1.18. The molecule has 6 heteroatoms. The van der Waals surface area contributed by atoms with Crippen LogP contribution in [0.3, 0.4) is 0 Å². The molecule has 0 radical (unpaired) electrons. The van der Waals surface area contributed by atoms with Gasteiger partial charge in [-0.15, -0.1) is 0 Å². The fourth-order valence-electron chi connectivity index (χ4n) is 2.57. The van der Waals surface area contributed by atoms with Crippen molar-refractivity contribution in [1.82, 2.24) is 5.32 Å². The molecule has 0 bridgehead atoms. The molecule has 2 aromatic carbocycles. The lowest BCUT2D eigenvalue weighted by atomic mass is 9.97. The van der Waals surface area contributed by atoms with E-state index in [0.29, 0.717) is 25.3 Å². The van der Waals surface area contributed by atoms with Crippen LogP contribution in [0.25, 0.3) is 0 Å². The van der Waals surface area contributed by atoms with Gasteiger partial charge in [-0.2, -0.15) is 0 Å². The van der Waals surface area contributed by atoms with Crippen molar-refractivity contribution in [1.29, 1.82) is 0 Å². The van der Waals surface area contributed by atoms with Gasteiger partial charge in [0.05, 0.1) is 6.61 Å². The van der Waals surface area contributed by atoms with Crippen molar-refractivity contribution in [2.24, 2.45) is 5.73 Å². The van der Waals surface area contributed by atoms with Gasteiger partial charge in [0, 0.05) is 13.1 Å². The number of hydrogen-bond acceptors (Lipinski definition) is 4. The van der Waals surface area contributed by atoms with Gasteiger partial charge in [-0.25, -0.2) is 8.78 Å². The van der Waals surface area contributed by atoms with Gasteiger partial charge in [0.25, 0.3) is 0 Å². The summed E-state index contributed by atoms with van der Waals surface area (Å²) in [5.74, 6) is -0.792. The summed E-state index contributed by atoms with van der Waals surface area (Å²) in [7, 11) is 0. The highest BCUT2D eigenvalue weighted by atomic mass is 19.1. The predicted molar refractivity (Wildman–Crippen MR) is 81.9 cm³/mol. The van der Waals surface area contributed by atoms with Crippen LogP contribution in [0, 0.1) is 11.6 Å².